The lowest BCUT2D eigenvalue weighted by Crippen LogP contribution is -2.42. The molecule has 5 N–H and O–H groups in total. The number of anilines is 1. The number of morpholine rings is 1. The molecule has 0 unspecified atom stereocenters. The van der Waals surface area contributed by atoms with Crippen molar-refractivity contribution in [2.75, 3.05) is 44.7 Å². The number of hydrogen-bond donors (Lipinski definition) is 4. The number of hydrogen-bond acceptors (Lipinski definition) is 6. The number of terminal acetylenes is 1. The van der Waals surface area contributed by atoms with E-state index in [4.69, 9.17) is 10.5 Å². The van der Waals surface area contributed by atoms with Crippen LogP contribution in [0.15, 0.2) is 66.7 Å². The first kappa shape index (κ1) is 40.4. The number of carbonyl (C=O) groups is 2. The number of nitrogens with one attached hydrogen (secondary N) is 3. The number of alkyl halides is 3. The maximum atomic E-state index is 13.2. The Balaban J connectivity index is 0.000000344. The molecular formula is C33H38F6N4O4. The maximum Gasteiger partial charge on any atom is 0.407 e. The average molecular weight is 669 g/mol. The van der Waals surface area contributed by atoms with Gasteiger partial charge in [0.15, 0.2) is 0 Å². The predicted octanol–water partition coefficient (Wildman–Crippen LogP) is 5.35. The highest BCUT2D eigenvalue weighted by Crippen LogP contribution is 2.19. The average Bonchev–Trinajstić information content (AvgIpc) is 3.06. The fourth-order valence-electron chi connectivity index (χ4n) is 3.80. The molecule has 1 heterocycles. The van der Waals surface area contributed by atoms with Crippen molar-refractivity contribution in [3.05, 3.63) is 101 Å². The molecule has 3 aromatic carbocycles. The minimum atomic E-state index is -4.43. The Morgan fingerprint density at radius 3 is 2.02 bits per heavy atom. The van der Waals surface area contributed by atoms with Gasteiger partial charge in [0.25, 0.3) is 0 Å². The summed E-state index contributed by atoms with van der Waals surface area (Å²) < 4.78 is 83.3. The van der Waals surface area contributed by atoms with Crippen molar-refractivity contribution in [3.8, 4) is 12.8 Å². The maximum absolute atomic E-state index is 13.2. The Hall–Kier alpha value is -4.58. The van der Waals surface area contributed by atoms with Crippen molar-refractivity contribution in [1.29, 1.82) is 0 Å². The van der Waals surface area contributed by atoms with E-state index in [1.807, 2.05) is 6.92 Å². The normalized spacial score (nSPS) is 13.6. The predicted molar refractivity (Wildman–Crippen MR) is 167 cm³/mol. The van der Waals surface area contributed by atoms with E-state index in [1.54, 1.807) is 41.7 Å². The lowest BCUT2D eigenvalue weighted by molar-refractivity contribution is -0.124. The van der Waals surface area contributed by atoms with E-state index in [0.29, 0.717) is 37.2 Å². The van der Waals surface area contributed by atoms with Crippen LogP contribution in [-0.4, -0.2) is 63.7 Å². The third-order valence-corrected chi connectivity index (χ3v) is 6.00. The van der Waals surface area contributed by atoms with Crippen LogP contribution in [0.2, 0.25) is 0 Å². The van der Waals surface area contributed by atoms with E-state index in [2.05, 4.69) is 28.2 Å². The number of nitrogens with two attached hydrogens (primary N) is 1. The highest BCUT2D eigenvalue weighted by molar-refractivity contribution is 5.92. The molecule has 0 saturated carbocycles. The molecular weight excluding hydrogens is 630 g/mol. The van der Waals surface area contributed by atoms with E-state index >= 15 is 0 Å². The monoisotopic (exact) mass is 668 g/mol. The topological polar surface area (TPSA) is 115 Å². The van der Waals surface area contributed by atoms with Gasteiger partial charge in [-0.25, -0.2) is 18.0 Å². The smallest absolute Gasteiger partial charge is 0.407 e. The molecule has 1 fully saturated rings. The van der Waals surface area contributed by atoms with Crippen molar-refractivity contribution in [2.24, 2.45) is 5.73 Å². The van der Waals surface area contributed by atoms with Crippen LogP contribution in [0.5, 0.6) is 0 Å². The van der Waals surface area contributed by atoms with Gasteiger partial charge in [0, 0.05) is 24.3 Å². The van der Waals surface area contributed by atoms with Crippen LogP contribution in [0.1, 0.15) is 23.6 Å². The number of halogens is 6. The summed E-state index contributed by atoms with van der Waals surface area (Å²) in [5.41, 5.74) is 8.19. The molecule has 47 heavy (non-hydrogen) atoms. The molecule has 0 aliphatic carbocycles. The second-order valence-electron chi connectivity index (χ2n) is 9.57. The molecule has 1 saturated heterocycles. The second-order valence-corrected chi connectivity index (χ2v) is 9.57. The number of rotatable bonds is 8. The highest BCUT2D eigenvalue weighted by Gasteiger charge is 2.28. The van der Waals surface area contributed by atoms with Crippen LogP contribution < -0.4 is 21.7 Å². The SMILES string of the molecule is C#C.CCc1c(F)cccc1NC(=O)CN.Fc1ccc(Cc2ccc(F)cc2)cc1.O=C(NCC(F)(F)F)OC[C@@H]1CNCCO1. The van der Waals surface area contributed by atoms with Crippen molar-refractivity contribution < 1.29 is 45.4 Å². The van der Waals surface area contributed by atoms with Crippen LogP contribution >= 0.6 is 0 Å². The first-order valence-corrected chi connectivity index (χ1v) is 14.3. The van der Waals surface area contributed by atoms with Gasteiger partial charge >= 0.3 is 12.3 Å². The minimum Gasteiger partial charge on any atom is -0.447 e. The summed E-state index contributed by atoms with van der Waals surface area (Å²) in [5.74, 6) is -1.09. The van der Waals surface area contributed by atoms with Gasteiger partial charge in [-0.2, -0.15) is 13.2 Å². The van der Waals surface area contributed by atoms with Gasteiger partial charge in [-0.3, -0.25) is 4.79 Å². The molecule has 4 rings (SSSR count). The van der Waals surface area contributed by atoms with Crippen molar-refractivity contribution >= 4 is 17.7 Å². The summed E-state index contributed by atoms with van der Waals surface area (Å²) in [7, 11) is 0. The first-order chi connectivity index (χ1) is 22.4. The summed E-state index contributed by atoms with van der Waals surface area (Å²) in [6.45, 7) is 2.02. The standard InChI is InChI=1S/C13H10F2.C10H13FN2O.C8H13F3N2O3.C2H2/c14-12-5-1-10(2-6-12)9-11-3-7-13(15)8-4-11;1-2-7-8(11)4-3-5-9(7)13-10(14)6-12;9-8(10,11)5-13-7(14)16-4-6-3-12-1-2-15-6;1-2/h1-8H,9H2;3-5H,2,6,12H2,1H3,(H,13,14);6,12H,1-5H2,(H,13,14);1-2H/t;;6-;/m..0./s1. The molecule has 0 spiro atoms. The molecule has 0 radical (unpaired) electrons. The van der Waals surface area contributed by atoms with Gasteiger partial charge in [-0.05, 0) is 60.4 Å². The molecule has 8 nitrogen and oxygen atoms in total. The molecule has 0 bridgehead atoms. The molecule has 256 valence electrons. The fraction of sp³-hybridized carbons (Fsp3) is 0.333. The van der Waals surface area contributed by atoms with E-state index < -0.39 is 18.8 Å². The molecule has 3 aromatic rings. The van der Waals surface area contributed by atoms with E-state index in [9.17, 15) is 35.9 Å². The van der Waals surface area contributed by atoms with Crippen molar-refractivity contribution in [2.45, 2.75) is 32.0 Å². The van der Waals surface area contributed by atoms with Crippen LogP contribution in [0.4, 0.5) is 36.8 Å². The molecule has 1 aliphatic rings. The summed E-state index contributed by atoms with van der Waals surface area (Å²) >= 11 is 0. The number of alkyl carbamates (subject to hydrolysis) is 1. The minimum absolute atomic E-state index is 0.0588. The Kier molecular flexibility index (Phi) is 19.0. The zero-order valence-electron chi connectivity index (χ0n) is 25.7. The van der Waals surface area contributed by atoms with Gasteiger partial charge < -0.3 is 31.2 Å². The molecule has 14 heteroatoms. The number of benzene rings is 3. The third kappa shape index (κ3) is 17.6. The van der Waals surface area contributed by atoms with Gasteiger partial charge in [-0.1, -0.05) is 37.3 Å². The quantitative estimate of drug-likeness (QED) is 0.190. The summed E-state index contributed by atoms with van der Waals surface area (Å²) in [6, 6.07) is 17.2. The van der Waals surface area contributed by atoms with Gasteiger partial charge in [0.05, 0.1) is 13.2 Å². The van der Waals surface area contributed by atoms with Gasteiger partial charge in [0.2, 0.25) is 5.91 Å². The van der Waals surface area contributed by atoms with E-state index in [-0.39, 0.29) is 42.6 Å². The number of amides is 2. The largest absolute Gasteiger partial charge is 0.447 e. The van der Waals surface area contributed by atoms with Gasteiger partial charge in [-0.15, -0.1) is 12.8 Å². The third-order valence-electron chi connectivity index (χ3n) is 6.00. The Bertz CT molecular complexity index is 1320. The van der Waals surface area contributed by atoms with E-state index in [1.165, 1.54) is 30.3 Å². The van der Waals surface area contributed by atoms with Crippen LogP contribution in [-0.2, 0) is 27.1 Å². The van der Waals surface area contributed by atoms with Crippen LogP contribution in [0.25, 0.3) is 0 Å². The molecule has 0 aromatic heterocycles. The van der Waals surface area contributed by atoms with E-state index in [0.717, 1.165) is 17.7 Å². The Labute approximate surface area is 270 Å². The Morgan fingerprint density at radius 2 is 1.55 bits per heavy atom. The summed E-state index contributed by atoms with van der Waals surface area (Å²) in [5, 5.41) is 7.15. The zero-order chi connectivity index (χ0) is 35.2. The lowest BCUT2D eigenvalue weighted by Gasteiger charge is -2.23. The number of ether oxygens (including phenoxy) is 2. The van der Waals surface area contributed by atoms with Crippen molar-refractivity contribution in [3.63, 3.8) is 0 Å². The fourth-order valence-corrected chi connectivity index (χ4v) is 3.80. The zero-order valence-corrected chi connectivity index (χ0v) is 25.7. The summed E-state index contributed by atoms with van der Waals surface area (Å²) in [4.78, 5) is 21.8. The summed E-state index contributed by atoms with van der Waals surface area (Å²) in [6.07, 6.45) is 3.41. The van der Waals surface area contributed by atoms with Gasteiger partial charge in [0.1, 0.15) is 36.7 Å². The highest BCUT2D eigenvalue weighted by atomic mass is 19.4. The molecule has 1 aliphatic heterocycles. The number of carbonyl (C=O) groups excluding carboxylic acids is 2. The first-order valence-electron chi connectivity index (χ1n) is 14.3. The Morgan fingerprint density at radius 1 is 0.979 bits per heavy atom. The lowest BCUT2D eigenvalue weighted by atomic mass is 10.1. The van der Waals surface area contributed by atoms with Crippen molar-refractivity contribution in [1.82, 2.24) is 10.6 Å². The molecule has 1 atom stereocenters. The second kappa shape index (κ2) is 22.0. The molecule has 2 amide bonds. The van der Waals surface area contributed by atoms with Crippen LogP contribution in [0.3, 0.4) is 0 Å². The van der Waals surface area contributed by atoms with Crippen LogP contribution in [0, 0.1) is 30.3 Å².